The van der Waals surface area contributed by atoms with Gasteiger partial charge in [0, 0.05) is 16.8 Å². The van der Waals surface area contributed by atoms with E-state index in [1.54, 1.807) is 0 Å². The first-order chi connectivity index (χ1) is 13.3. The summed E-state index contributed by atoms with van der Waals surface area (Å²) in [5, 5.41) is 12.7. The van der Waals surface area contributed by atoms with Gasteiger partial charge in [0.05, 0.1) is 6.61 Å². The average molecular weight is 380 g/mol. The number of benzene rings is 2. The van der Waals surface area contributed by atoms with Crippen LogP contribution in [-0.2, 0) is 0 Å². The maximum absolute atomic E-state index is 6.23. The van der Waals surface area contributed by atoms with Crippen LogP contribution in [0.5, 0.6) is 11.6 Å². The molecule has 0 radical (unpaired) electrons. The number of hydrogen-bond donors (Lipinski definition) is 1. The Kier molecular flexibility index (Phi) is 5.11. The van der Waals surface area contributed by atoms with Crippen molar-refractivity contribution in [1.82, 2.24) is 15.2 Å². The largest absolute Gasteiger partial charge is 0.494 e. The summed E-state index contributed by atoms with van der Waals surface area (Å²) in [5.41, 5.74) is 3.48. The van der Waals surface area contributed by atoms with Gasteiger partial charge in [0.15, 0.2) is 11.9 Å². The van der Waals surface area contributed by atoms with Gasteiger partial charge in [-0.05, 0) is 43.0 Å². The van der Waals surface area contributed by atoms with Crippen molar-refractivity contribution < 1.29 is 9.47 Å². The lowest BCUT2D eigenvalue weighted by Crippen LogP contribution is -2.17. The lowest BCUT2D eigenvalue weighted by Gasteiger charge is -2.19. The first kappa shape index (κ1) is 17.6. The molecule has 0 saturated heterocycles. The third-order valence-electron chi connectivity index (χ3n) is 4.10. The zero-order chi connectivity index (χ0) is 18.6. The summed E-state index contributed by atoms with van der Waals surface area (Å²) in [4.78, 5) is 4.59. The van der Waals surface area contributed by atoms with Crippen molar-refractivity contribution in [2.45, 2.75) is 25.2 Å². The van der Waals surface area contributed by atoms with E-state index in [0.29, 0.717) is 23.3 Å². The number of anilines is 1. The SMILES string of the molecule is CCOc1ccc([C@H]2Nc3ccccc3-c3nnc(SCC)nc3O2)cc1. The predicted octanol–water partition coefficient (Wildman–Crippen LogP) is 4.55. The summed E-state index contributed by atoms with van der Waals surface area (Å²) in [7, 11) is 0. The Morgan fingerprint density at radius 2 is 1.89 bits per heavy atom. The molecule has 1 aliphatic rings. The molecule has 2 aromatic carbocycles. The zero-order valence-electron chi connectivity index (χ0n) is 15.2. The second kappa shape index (κ2) is 7.84. The summed E-state index contributed by atoms with van der Waals surface area (Å²) in [6.07, 6.45) is -0.390. The molecule has 138 valence electrons. The van der Waals surface area contributed by atoms with Crippen molar-refractivity contribution in [3.8, 4) is 22.9 Å². The van der Waals surface area contributed by atoms with Gasteiger partial charge in [-0.25, -0.2) is 0 Å². The highest BCUT2D eigenvalue weighted by atomic mass is 32.2. The van der Waals surface area contributed by atoms with E-state index >= 15 is 0 Å². The Labute approximate surface area is 162 Å². The Balaban J connectivity index is 1.75. The average Bonchev–Trinajstić information content (AvgIpc) is 2.85. The molecule has 1 aromatic heterocycles. The Bertz CT molecular complexity index is 934. The predicted molar refractivity (Wildman–Crippen MR) is 106 cm³/mol. The standard InChI is InChI=1S/C20H20N4O2S/c1-3-25-14-11-9-13(10-12-14)18-21-16-8-6-5-7-15(16)17-19(26-18)22-20(24-23-17)27-4-2/h5-12,18,21H,3-4H2,1-2H3/t18-/m0/s1. The van der Waals surface area contributed by atoms with Crippen LogP contribution in [-0.4, -0.2) is 27.5 Å². The molecule has 0 amide bonds. The Morgan fingerprint density at radius 3 is 2.67 bits per heavy atom. The van der Waals surface area contributed by atoms with Crippen molar-refractivity contribution in [2.75, 3.05) is 17.7 Å². The van der Waals surface area contributed by atoms with Gasteiger partial charge in [0.25, 0.3) is 0 Å². The molecular formula is C20H20N4O2S. The minimum atomic E-state index is -0.390. The van der Waals surface area contributed by atoms with Crippen LogP contribution in [0.4, 0.5) is 5.69 Å². The summed E-state index contributed by atoms with van der Waals surface area (Å²) in [6.45, 7) is 4.66. The molecule has 27 heavy (non-hydrogen) atoms. The summed E-state index contributed by atoms with van der Waals surface area (Å²) >= 11 is 1.54. The molecular weight excluding hydrogens is 360 g/mol. The Hall–Kier alpha value is -2.80. The number of aromatic nitrogens is 3. The molecule has 1 atom stereocenters. The van der Waals surface area contributed by atoms with Crippen LogP contribution in [0.1, 0.15) is 25.6 Å². The molecule has 0 spiro atoms. The number of fused-ring (bicyclic) bond motifs is 3. The van der Waals surface area contributed by atoms with E-state index < -0.39 is 0 Å². The van der Waals surface area contributed by atoms with Crippen LogP contribution in [0.2, 0.25) is 0 Å². The third-order valence-corrected chi connectivity index (χ3v) is 4.82. The van der Waals surface area contributed by atoms with Crippen LogP contribution >= 0.6 is 11.8 Å². The first-order valence-corrected chi connectivity index (χ1v) is 9.90. The molecule has 0 saturated carbocycles. The van der Waals surface area contributed by atoms with Gasteiger partial charge in [-0.15, -0.1) is 10.2 Å². The van der Waals surface area contributed by atoms with Gasteiger partial charge in [-0.2, -0.15) is 4.98 Å². The first-order valence-electron chi connectivity index (χ1n) is 8.91. The fourth-order valence-corrected chi connectivity index (χ4v) is 3.40. The number of rotatable bonds is 5. The topological polar surface area (TPSA) is 69.2 Å². The monoisotopic (exact) mass is 380 g/mol. The van der Waals surface area contributed by atoms with E-state index in [9.17, 15) is 0 Å². The third kappa shape index (κ3) is 3.68. The fourth-order valence-electron chi connectivity index (χ4n) is 2.89. The van der Waals surface area contributed by atoms with Crippen LogP contribution in [0, 0.1) is 0 Å². The molecule has 4 rings (SSSR count). The van der Waals surface area contributed by atoms with Crippen molar-refractivity contribution >= 4 is 17.4 Å². The van der Waals surface area contributed by atoms with Gasteiger partial charge in [-0.3, -0.25) is 0 Å². The van der Waals surface area contributed by atoms with Crippen molar-refractivity contribution in [2.24, 2.45) is 0 Å². The lowest BCUT2D eigenvalue weighted by atomic mass is 10.1. The number of hydrogen-bond acceptors (Lipinski definition) is 7. The maximum atomic E-state index is 6.23. The highest BCUT2D eigenvalue weighted by Crippen LogP contribution is 2.39. The smallest absolute Gasteiger partial charge is 0.247 e. The molecule has 1 N–H and O–H groups in total. The van der Waals surface area contributed by atoms with E-state index in [4.69, 9.17) is 9.47 Å². The zero-order valence-corrected chi connectivity index (χ0v) is 16.0. The fraction of sp³-hybridized carbons (Fsp3) is 0.250. The molecule has 2 heterocycles. The number of nitrogens with one attached hydrogen (secondary N) is 1. The van der Waals surface area contributed by atoms with E-state index in [2.05, 4.69) is 27.4 Å². The van der Waals surface area contributed by atoms with E-state index in [-0.39, 0.29) is 6.23 Å². The summed E-state index contributed by atoms with van der Waals surface area (Å²) in [6, 6.07) is 15.8. The summed E-state index contributed by atoms with van der Waals surface area (Å²) in [5.74, 6) is 2.19. The number of nitrogens with zero attached hydrogens (tertiary/aromatic N) is 3. The number of thioether (sulfide) groups is 1. The van der Waals surface area contributed by atoms with E-state index in [1.807, 2.05) is 55.5 Å². The van der Waals surface area contributed by atoms with Crippen LogP contribution in [0.25, 0.3) is 11.3 Å². The minimum absolute atomic E-state index is 0.390. The van der Waals surface area contributed by atoms with Crippen molar-refractivity contribution in [3.63, 3.8) is 0 Å². The molecule has 3 aromatic rings. The minimum Gasteiger partial charge on any atom is -0.494 e. The van der Waals surface area contributed by atoms with Gasteiger partial charge >= 0.3 is 0 Å². The molecule has 0 unspecified atom stereocenters. The molecule has 0 aliphatic carbocycles. The van der Waals surface area contributed by atoms with Gasteiger partial charge < -0.3 is 14.8 Å². The quantitative estimate of drug-likeness (QED) is 0.651. The number of para-hydroxylation sites is 1. The van der Waals surface area contributed by atoms with Crippen LogP contribution in [0.15, 0.2) is 53.7 Å². The van der Waals surface area contributed by atoms with Crippen LogP contribution < -0.4 is 14.8 Å². The molecule has 1 aliphatic heterocycles. The molecule has 0 bridgehead atoms. The normalized spacial score (nSPS) is 15.0. The maximum Gasteiger partial charge on any atom is 0.247 e. The lowest BCUT2D eigenvalue weighted by molar-refractivity contribution is 0.225. The molecule has 0 fully saturated rings. The second-order valence-corrected chi connectivity index (χ2v) is 7.10. The number of ether oxygens (including phenoxy) is 2. The summed E-state index contributed by atoms with van der Waals surface area (Å²) < 4.78 is 11.8. The van der Waals surface area contributed by atoms with E-state index in [0.717, 1.165) is 28.3 Å². The second-order valence-electron chi connectivity index (χ2n) is 5.87. The highest BCUT2D eigenvalue weighted by molar-refractivity contribution is 7.99. The molecule has 6 nitrogen and oxygen atoms in total. The van der Waals surface area contributed by atoms with Crippen molar-refractivity contribution in [1.29, 1.82) is 0 Å². The van der Waals surface area contributed by atoms with Crippen LogP contribution in [0.3, 0.4) is 0 Å². The van der Waals surface area contributed by atoms with Gasteiger partial charge in [0.1, 0.15) is 5.75 Å². The highest BCUT2D eigenvalue weighted by Gasteiger charge is 2.25. The van der Waals surface area contributed by atoms with Crippen molar-refractivity contribution in [3.05, 3.63) is 54.1 Å². The molecule has 7 heteroatoms. The van der Waals surface area contributed by atoms with Gasteiger partial charge in [-0.1, -0.05) is 36.9 Å². The van der Waals surface area contributed by atoms with Gasteiger partial charge in [0.2, 0.25) is 11.0 Å². The van der Waals surface area contributed by atoms with E-state index in [1.165, 1.54) is 11.8 Å². The Morgan fingerprint density at radius 1 is 1.07 bits per heavy atom.